The van der Waals surface area contributed by atoms with E-state index in [1.165, 1.54) is 11.1 Å². The molecule has 4 heteroatoms. The lowest BCUT2D eigenvalue weighted by molar-refractivity contribution is -0.259. The minimum atomic E-state index is -4.55. The fraction of sp³-hybridized carbons (Fsp3) is 0.733. The first kappa shape index (κ1) is 14.6. The van der Waals surface area contributed by atoms with Gasteiger partial charge in [-0.1, -0.05) is 12.2 Å². The van der Waals surface area contributed by atoms with Gasteiger partial charge in [-0.3, -0.25) is 0 Å². The largest absolute Gasteiger partial charge is 0.416 e. The van der Waals surface area contributed by atoms with Crippen LogP contribution >= 0.6 is 0 Å². The molecule has 0 amide bonds. The Hall–Kier alpha value is -0.770. The van der Waals surface area contributed by atoms with Crippen molar-refractivity contribution in [2.24, 2.45) is 17.8 Å². The molecule has 2 bridgehead atoms. The summed E-state index contributed by atoms with van der Waals surface area (Å²) in [6, 6.07) is 0. The van der Waals surface area contributed by atoms with Gasteiger partial charge in [0.1, 0.15) is 0 Å². The monoisotopic (exact) mass is 274 g/mol. The molecule has 1 N–H and O–H groups in total. The summed E-state index contributed by atoms with van der Waals surface area (Å²) in [6.45, 7) is 4.82. The van der Waals surface area contributed by atoms with Gasteiger partial charge in [0.15, 0.2) is 5.60 Å². The van der Waals surface area contributed by atoms with Crippen molar-refractivity contribution >= 4 is 0 Å². The number of hydrogen-bond acceptors (Lipinski definition) is 1. The molecule has 2 rings (SSSR count). The van der Waals surface area contributed by atoms with E-state index in [2.05, 4.69) is 6.08 Å². The number of rotatable bonds is 2. The van der Waals surface area contributed by atoms with E-state index in [0.717, 1.165) is 19.8 Å². The molecule has 0 aromatic heterocycles. The first-order chi connectivity index (χ1) is 8.71. The van der Waals surface area contributed by atoms with Gasteiger partial charge >= 0.3 is 6.18 Å². The third-order valence-corrected chi connectivity index (χ3v) is 4.76. The molecule has 2 saturated carbocycles. The lowest BCUT2D eigenvalue weighted by atomic mass is 9.76. The van der Waals surface area contributed by atoms with Crippen LogP contribution in [-0.4, -0.2) is 16.9 Å². The van der Waals surface area contributed by atoms with Crippen LogP contribution in [0.2, 0.25) is 0 Å². The molecule has 0 aliphatic heterocycles. The van der Waals surface area contributed by atoms with Crippen molar-refractivity contribution in [2.75, 3.05) is 0 Å². The quantitative estimate of drug-likeness (QED) is 0.798. The maximum atomic E-state index is 12.8. The van der Waals surface area contributed by atoms with Gasteiger partial charge in [-0.05, 0) is 68.9 Å². The van der Waals surface area contributed by atoms with E-state index in [-0.39, 0.29) is 18.3 Å². The average molecular weight is 274 g/mol. The lowest BCUT2D eigenvalue weighted by Crippen LogP contribution is -2.44. The summed E-state index contributed by atoms with van der Waals surface area (Å²) < 4.78 is 38.3. The molecular formula is C15H21F3O. The molecule has 19 heavy (non-hydrogen) atoms. The Morgan fingerprint density at radius 2 is 1.74 bits per heavy atom. The second-order valence-corrected chi connectivity index (χ2v) is 6.00. The van der Waals surface area contributed by atoms with Gasteiger partial charge in [0.2, 0.25) is 0 Å². The summed E-state index contributed by atoms with van der Waals surface area (Å²) >= 11 is 0. The van der Waals surface area contributed by atoms with Gasteiger partial charge in [0.25, 0.3) is 0 Å². The SMILES string of the molecule is CC=C1C(=CC)C2CC1CC2CC(C)(O)C(F)(F)F. The number of hydrogen-bond donors (Lipinski definition) is 1. The van der Waals surface area contributed by atoms with Crippen molar-refractivity contribution < 1.29 is 18.3 Å². The highest BCUT2D eigenvalue weighted by atomic mass is 19.4. The Morgan fingerprint density at radius 3 is 2.21 bits per heavy atom. The molecule has 4 unspecified atom stereocenters. The third-order valence-electron chi connectivity index (χ3n) is 4.76. The predicted molar refractivity (Wildman–Crippen MR) is 68.5 cm³/mol. The zero-order valence-corrected chi connectivity index (χ0v) is 11.6. The fourth-order valence-corrected chi connectivity index (χ4v) is 3.84. The molecule has 0 heterocycles. The summed E-state index contributed by atoms with van der Waals surface area (Å²) in [5.74, 6) is 0.516. The van der Waals surface area contributed by atoms with Crippen molar-refractivity contribution in [3.8, 4) is 0 Å². The first-order valence-corrected chi connectivity index (χ1v) is 6.83. The molecule has 0 aromatic rings. The highest BCUT2D eigenvalue weighted by molar-refractivity contribution is 5.42. The molecule has 108 valence electrons. The average Bonchev–Trinajstić information content (AvgIpc) is 2.82. The summed E-state index contributed by atoms with van der Waals surface area (Å²) in [6.07, 6.45) is 1.08. The minimum absolute atomic E-state index is 0.0588. The van der Waals surface area contributed by atoms with Crippen LogP contribution in [0.5, 0.6) is 0 Å². The molecule has 2 aliphatic rings. The number of aliphatic hydroxyl groups is 1. The molecule has 0 radical (unpaired) electrons. The van der Waals surface area contributed by atoms with Gasteiger partial charge in [-0.15, -0.1) is 0 Å². The molecule has 0 saturated heterocycles. The van der Waals surface area contributed by atoms with Crippen molar-refractivity contribution in [1.29, 1.82) is 0 Å². The zero-order valence-electron chi connectivity index (χ0n) is 11.6. The van der Waals surface area contributed by atoms with Crippen LogP contribution < -0.4 is 0 Å². The van der Waals surface area contributed by atoms with Gasteiger partial charge in [0.05, 0.1) is 0 Å². The van der Waals surface area contributed by atoms with Crippen molar-refractivity contribution in [2.45, 2.75) is 51.8 Å². The molecular weight excluding hydrogens is 253 g/mol. The summed E-state index contributed by atoms with van der Waals surface area (Å²) in [7, 11) is 0. The van der Waals surface area contributed by atoms with Crippen LogP contribution in [0.1, 0.15) is 40.0 Å². The smallest absolute Gasteiger partial charge is 0.381 e. The Kier molecular flexibility index (Phi) is 3.58. The predicted octanol–water partition coefficient (Wildman–Crippen LogP) is 4.24. The van der Waals surface area contributed by atoms with E-state index in [0.29, 0.717) is 5.92 Å². The molecule has 1 nitrogen and oxygen atoms in total. The number of halogens is 3. The van der Waals surface area contributed by atoms with Gasteiger partial charge in [-0.25, -0.2) is 0 Å². The molecule has 4 atom stereocenters. The summed E-state index contributed by atoms with van der Waals surface area (Å²) in [5.41, 5.74) is -0.0750. The van der Waals surface area contributed by atoms with Crippen LogP contribution in [0.4, 0.5) is 13.2 Å². The van der Waals surface area contributed by atoms with Gasteiger partial charge in [-0.2, -0.15) is 13.2 Å². The van der Waals surface area contributed by atoms with Crippen LogP contribution in [0.25, 0.3) is 0 Å². The maximum Gasteiger partial charge on any atom is 0.416 e. The fourth-order valence-electron chi connectivity index (χ4n) is 3.84. The summed E-state index contributed by atoms with van der Waals surface area (Å²) in [5, 5.41) is 9.66. The summed E-state index contributed by atoms with van der Waals surface area (Å²) in [4.78, 5) is 0. The minimum Gasteiger partial charge on any atom is -0.381 e. The van der Waals surface area contributed by atoms with Crippen molar-refractivity contribution in [1.82, 2.24) is 0 Å². The Balaban J connectivity index is 2.16. The highest BCUT2D eigenvalue weighted by Crippen LogP contribution is 2.57. The molecule has 2 aliphatic carbocycles. The van der Waals surface area contributed by atoms with Crippen molar-refractivity contribution in [3.05, 3.63) is 23.3 Å². The first-order valence-electron chi connectivity index (χ1n) is 6.83. The number of fused-ring (bicyclic) bond motifs is 2. The van der Waals surface area contributed by atoms with E-state index in [1.54, 1.807) is 0 Å². The third kappa shape index (κ3) is 2.35. The van der Waals surface area contributed by atoms with Crippen LogP contribution in [0.15, 0.2) is 23.3 Å². The second kappa shape index (κ2) is 4.65. The topological polar surface area (TPSA) is 20.2 Å². The zero-order chi connectivity index (χ0) is 14.4. The van der Waals surface area contributed by atoms with Crippen molar-refractivity contribution in [3.63, 3.8) is 0 Å². The molecule has 0 spiro atoms. The number of alkyl halides is 3. The Labute approximate surface area is 112 Å². The van der Waals surface area contributed by atoms with E-state index in [1.807, 2.05) is 19.9 Å². The van der Waals surface area contributed by atoms with E-state index >= 15 is 0 Å². The second-order valence-electron chi connectivity index (χ2n) is 6.00. The van der Waals surface area contributed by atoms with Crippen LogP contribution in [-0.2, 0) is 0 Å². The standard InChI is InChI=1S/C15H21F3O/c1-4-11-9-6-10(13(7-9)12(11)5-2)8-14(3,19)15(16,17)18/h4-5,9-10,13,19H,6-8H2,1-3H3. The maximum absolute atomic E-state index is 12.8. The number of allylic oxidation sites excluding steroid dienone is 4. The normalized spacial score (nSPS) is 38.2. The van der Waals surface area contributed by atoms with E-state index < -0.39 is 11.8 Å². The molecule has 0 aromatic carbocycles. The Morgan fingerprint density at radius 1 is 1.16 bits per heavy atom. The van der Waals surface area contributed by atoms with E-state index in [4.69, 9.17) is 0 Å². The Bertz CT molecular complexity index is 418. The molecule has 2 fully saturated rings. The lowest BCUT2D eigenvalue weighted by Gasteiger charge is -2.34. The van der Waals surface area contributed by atoms with E-state index in [9.17, 15) is 18.3 Å². The van der Waals surface area contributed by atoms with Crippen LogP contribution in [0.3, 0.4) is 0 Å². The van der Waals surface area contributed by atoms with Gasteiger partial charge in [0, 0.05) is 0 Å². The highest BCUT2D eigenvalue weighted by Gasteiger charge is 2.54. The van der Waals surface area contributed by atoms with Crippen LogP contribution in [0, 0.1) is 17.8 Å². The van der Waals surface area contributed by atoms with Gasteiger partial charge < -0.3 is 5.11 Å².